The van der Waals surface area contributed by atoms with E-state index in [-0.39, 0.29) is 0 Å². The summed E-state index contributed by atoms with van der Waals surface area (Å²) in [4.78, 5) is 4.73. The number of hydrogen-bond acceptors (Lipinski definition) is 2. The highest BCUT2D eigenvalue weighted by atomic mass is 32.1. The van der Waals surface area contributed by atoms with Crippen molar-refractivity contribution < 1.29 is 0 Å². The van der Waals surface area contributed by atoms with Crippen LogP contribution in [0.15, 0.2) is 24.5 Å². The second-order valence-electron chi connectivity index (χ2n) is 2.49. The van der Waals surface area contributed by atoms with Gasteiger partial charge in [-0.3, -0.25) is 4.98 Å². The lowest BCUT2D eigenvalue weighted by molar-refractivity contribution is 0.848. The van der Waals surface area contributed by atoms with Crippen LogP contribution in [0.3, 0.4) is 0 Å². The second kappa shape index (κ2) is 4.83. The van der Waals surface area contributed by atoms with Crippen LogP contribution in [0, 0.1) is 0 Å². The molecule has 0 fully saturated rings. The van der Waals surface area contributed by atoms with E-state index in [1.165, 1.54) is 0 Å². The van der Waals surface area contributed by atoms with Gasteiger partial charge in [0.2, 0.25) is 0 Å². The first-order valence-corrected chi connectivity index (χ1v) is 4.43. The molecular formula is C9H12N2S. The fourth-order valence-electron chi connectivity index (χ4n) is 0.844. The minimum atomic E-state index is 0.805. The molecule has 0 bridgehead atoms. The van der Waals surface area contributed by atoms with Crippen LogP contribution in [0.2, 0.25) is 0 Å². The maximum absolute atomic E-state index is 5.15. The van der Waals surface area contributed by atoms with Gasteiger partial charge in [-0.25, -0.2) is 0 Å². The number of aromatic nitrogens is 1. The Balaban J connectivity index is 2.54. The molecule has 1 aromatic rings. The molecule has 2 nitrogen and oxygen atoms in total. The smallest absolute Gasteiger partial charge is 0.106 e. The topological polar surface area (TPSA) is 24.9 Å². The normalized spacial score (nSPS) is 9.42. The Labute approximate surface area is 78.0 Å². The Morgan fingerprint density at radius 1 is 1.50 bits per heavy atom. The molecule has 1 N–H and O–H groups in total. The molecular weight excluding hydrogens is 168 g/mol. The lowest BCUT2D eigenvalue weighted by atomic mass is 10.2. The van der Waals surface area contributed by atoms with E-state index in [4.69, 9.17) is 12.2 Å². The Morgan fingerprint density at radius 2 is 2.17 bits per heavy atom. The molecule has 0 aliphatic carbocycles. The van der Waals surface area contributed by atoms with Gasteiger partial charge in [0, 0.05) is 24.5 Å². The van der Waals surface area contributed by atoms with Crippen LogP contribution < -0.4 is 5.32 Å². The Hall–Kier alpha value is -0.960. The van der Waals surface area contributed by atoms with Gasteiger partial charge in [0.15, 0.2) is 0 Å². The second-order valence-corrected chi connectivity index (χ2v) is 2.90. The number of pyridine rings is 1. The van der Waals surface area contributed by atoms with E-state index in [1.54, 1.807) is 12.4 Å². The maximum atomic E-state index is 5.15. The van der Waals surface area contributed by atoms with Crippen molar-refractivity contribution in [1.82, 2.24) is 10.3 Å². The predicted molar refractivity (Wildman–Crippen MR) is 54.2 cm³/mol. The van der Waals surface area contributed by atoms with E-state index in [9.17, 15) is 0 Å². The van der Waals surface area contributed by atoms with Crippen LogP contribution in [0.25, 0.3) is 0 Å². The number of thiocarbonyl (C=S) groups is 1. The third-order valence-electron chi connectivity index (χ3n) is 1.48. The summed E-state index contributed by atoms with van der Waals surface area (Å²) in [6, 6.07) is 3.82. The molecule has 0 radical (unpaired) electrons. The number of nitrogens with one attached hydrogen (secondary N) is 1. The Morgan fingerprint density at radius 3 is 2.75 bits per heavy atom. The van der Waals surface area contributed by atoms with Crippen LogP contribution in [-0.4, -0.2) is 16.5 Å². The largest absolute Gasteiger partial charge is 0.376 e. The van der Waals surface area contributed by atoms with Gasteiger partial charge in [0.25, 0.3) is 0 Å². The first-order chi connectivity index (χ1) is 5.84. The van der Waals surface area contributed by atoms with E-state index in [0.717, 1.165) is 23.5 Å². The molecule has 1 aromatic heterocycles. The summed E-state index contributed by atoms with van der Waals surface area (Å²) in [5, 5.41) is 3.15. The van der Waals surface area contributed by atoms with Gasteiger partial charge in [0.05, 0.1) is 0 Å². The van der Waals surface area contributed by atoms with Crippen molar-refractivity contribution in [2.45, 2.75) is 13.3 Å². The average Bonchev–Trinajstić information content (AvgIpc) is 2.15. The first kappa shape index (κ1) is 9.13. The number of rotatable bonds is 3. The van der Waals surface area contributed by atoms with Gasteiger partial charge in [-0.15, -0.1) is 0 Å². The van der Waals surface area contributed by atoms with Crippen molar-refractivity contribution in [1.29, 1.82) is 0 Å². The van der Waals surface area contributed by atoms with E-state index in [1.807, 2.05) is 12.1 Å². The lowest BCUT2D eigenvalue weighted by Crippen LogP contribution is -2.22. The quantitative estimate of drug-likeness (QED) is 0.717. The van der Waals surface area contributed by atoms with Crippen LogP contribution in [0.1, 0.15) is 18.9 Å². The molecule has 0 atom stereocenters. The van der Waals surface area contributed by atoms with E-state index >= 15 is 0 Å². The molecule has 0 aromatic carbocycles. The number of nitrogens with zero attached hydrogens (tertiary/aromatic N) is 1. The third kappa shape index (κ3) is 2.58. The van der Waals surface area contributed by atoms with Crippen molar-refractivity contribution >= 4 is 17.2 Å². The molecule has 0 aliphatic rings. The third-order valence-corrected chi connectivity index (χ3v) is 1.86. The van der Waals surface area contributed by atoms with Gasteiger partial charge in [-0.2, -0.15) is 0 Å². The van der Waals surface area contributed by atoms with Gasteiger partial charge in [0.1, 0.15) is 4.99 Å². The monoisotopic (exact) mass is 180 g/mol. The van der Waals surface area contributed by atoms with E-state index in [0.29, 0.717) is 0 Å². The molecule has 0 saturated heterocycles. The van der Waals surface area contributed by atoms with Gasteiger partial charge >= 0.3 is 0 Å². The highest BCUT2D eigenvalue weighted by molar-refractivity contribution is 7.80. The molecule has 0 spiro atoms. The molecule has 12 heavy (non-hydrogen) atoms. The molecule has 1 rings (SSSR count). The summed E-state index contributed by atoms with van der Waals surface area (Å²) >= 11 is 5.15. The minimum Gasteiger partial charge on any atom is -0.376 e. The lowest BCUT2D eigenvalue weighted by Gasteiger charge is -2.04. The minimum absolute atomic E-state index is 0.805. The Bertz CT molecular complexity index is 246. The van der Waals surface area contributed by atoms with Crippen molar-refractivity contribution in [3.63, 3.8) is 0 Å². The number of hydrogen-bond donors (Lipinski definition) is 1. The molecule has 0 saturated carbocycles. The summed E-state index contributed by atoms with van der Waals surface area (Å²) in [7, 11) is 0. The SMILES string of the molecule is CCCNC(=S)c1ccncc1. The average molecular weight is 180 g/mol. The molecule has 1 heterocycles. The van der Waals surface area contributed by atoms with Crippen LogP contribution >= 0.6 is 12.2 Å². The van der Waals surface area contributed by atoms with E-state index in [2.05, 4.69) is 17.2 Å². The molecule has 0 unspecified atom stereocenters. The van der Waals surface area contributed by atoms with Crippen LogP contribution in [0.4, 0.5) is 0 Å². The molecule has 64 valence electrons. The zero-order chi connectivity index (χ0) is 8.81. The molecule has 0 amide bonds. The van der Waals surface area contributed by atoms with Gasteiger partial charge in [-0.05, 0) is 18.6 Å². The Kier molecular flexibility index (Phi) is 3.67. The first-order valence-electron chi connectivity index (χ1n) is 4.03. The van der Waals surface area contributed by atoms with Gasteiger partial charge in [-0.1, -0.05) is 19.1 Å². The zero-order valence-electron chi connectivity index (χ0n) is 7.08. The van der Waals surface area contributed by atoms with Crippen molar-refractivity contribution in [3.05, 3.63) is 30.1 Å². The van der Waals surface area contributed by atoms with E-state index < -0.39 is 0 Å². The summed E-state index contributed by atoms with van der Waals surface area (Å²) in [6.07, 6.45) is 4.58. The van der Waals surface area contributed by atoms with Crippen molar-refractivity contribution in [2.24, 2.45) is 0 Å². The van der Waals surface area contributed by atoms with Crippen LogP contribution in [-0.2, 0) is 0 Å². The van der Waals surface area contributed by atoms with Gasteiger partial charge < -0.3 is 5.32 Å². The highest BCUT2D eigenvalue weighted by Crippen LogP contribution is 1.96. The summed E-state index contributed by atoms with van der Waals surface area (Å²) in [5.41, 5.74) is 1.04. The summed E-state index contributed by atoms with van der Waals surface area (Å²) in [6.45, 7) is 3.04. The summed E-state index contributed by atoms with van der Waals surface area (Å²) in [5.74, 6) is 0. The molecule has 0 aliphatic heterocycles. The molecule has 3 heteroatoms. The van der Waals surface area contributed by atoms with Crippen LogP contribution in [0.5, 0.6) is 0 Å². The highest BCUT2D eigenvalue weighted by Gasteiger charge is 1.96. The fourth-order valence-corrected chi connectivity index (χ4v) is 1.08. The maximum Gasteiger partial charge on any atom is 0.106 e. The summed E-state index contributed by atoms with van der Waals surface area (Å²) < 4.78 is 0. The van der Waals surface area contributed by atoms with Crippen molar-refractivity contribution in [3.8, 4) is 0 Å². The zero-order valence-corrected chi connectivity index (χ0v) is 7.90. The fraction of sp³-hybridized carbons (Fsp3) is 0.333. The van der Waals surface area contributed by atoms with Crippen molar-refractivity contribution in [2.75, 3.05) is 6.54 Å². The standard InChI is InChI=1S/C9H12N2S/c1-2-5-11-9(12)8-3-6-10-7-4-8/h3-4,6-7H,2,5H2,1H3,(H,11,12). The predicted octanol–water partition coefficient (Wildman–Crippen LogP) is 1.76.